The molecule has 0 atom stereocenters. The Balaban J connectivity index is 2.06. The van der Waals surface area contributed by atoms with Crippen LogP contribution in [-0.4, -0.2) is 24.6 Å². The van der Waals surface area contributed by atoms with Gasteiger partial charge in [-0.15, -0.1) is 0 Å². The first-order chi connectivity index (χ1) is 9.72. The third kappa shape index (κ3) is 3.58. The topological polar surface area (TPSA) is 73.6 Å². The van der Waals surface area contributed by atoms with E-state index in [1.54, 1.807) is 13.0 Å². The molecular weight excluding hydrogens is 260 g/mol. The maximum absolute atomic E-state index is 11.4. The molecule has 0 saturated heterocycles. The van der Waals surface area contributed by atoms with E-state index in [9.17, 15) is 4.79 Å². The lowest BCUT2D eigenvalue weighted by atomic mass is 10.2. The van der Waals surface area contributed by atoms with Crippen LogP contribution in [-0.2, 0) is 11.3 Å². The van der Waals surface area contributed by atoms with E-state index in [2.05, 4.69) is 10.3 Å². The van der Waals surface area contributed by atoms with Crippen molar-refractivity contribution in [2.75, 3.05) is 13.7 Å². The van der Waals surface area contributed by atoms with Gasteiger partial charge in [-0.3, -0.25) is 0 Å². The minimum absolute atomic E-state index is 0.00895. The second-order valence-electron chi connectivity index (χ2n) is 4.00. The lowest BCUT2D eigenvalue weighted by Crippen LogP contribution is -2.05. The molecule has 0 unspecified atom stereocenters. The summed E-state index contributed by atoms with van der Waals surface area (Å²) in [5.74, 6) is 0.0602. The summed E-state index contributed by atoms with van der Waals surface area (Å²) >= 11 is 0. The predicted octanol–water partition coefficient (Wildman–Crippen LogP) is 2.36. The fourth-order valence-corrected chi connectivity index (χ4v) is 1.63. The number of benzene rings is 1. The lowest BCUT2D eigenvalue weighted by molar-refractivity contribution is 0.0519. The molecule has 0 aliphatic carbocycles. The Morgan fingerprint density at radius 2 is 2.30 bits per heavy atom. The van der Waals surface area contributed by atoms with Gasteiger partial charge in [-0.2, -0.15) is 4.98 Å². The van der Waals surface area contributed by atoms with Crippen LogP contribution in [0.3, 0.4) is 0 Å². The second kappa shape index (κ2) is 6.72. The molecule has 1 N–H and O–H groups in total. The van der Waals surface area contributed by atoms with E-state index in [4.69, 9.17) is 13.9 Å². The smallest absolute Gasteiger partial charge is 0.399 e. The fourth-order valence-electron chi connectivity index (χ4n) is 1.63. The molecule has 0 radical (unpaired) electrons. The van der Waals surface area contributed by atoms with Crippen LogP contribution in [0.1, 0.15) is 23.0 Å². The molecule has 0 fully saturated rings. The number of carbonyl (C=O) groups is 1. The molecule has 0 amide bonds. The molecule has 0 bridgehead atoms. The van der Waals surface area contributed by atoms with Crippen LogP contribution in [0.15, 0.2) is 34.9 Å². The largest absolute Gasteiger partial charge is 0.461 e. The van der Waals surface area contributed by atoms with E-state index in [1.165, 1.54) is 6.26 Å². The van der Waals surface area contributed by atoms with Crippen molar-refractivity contribution in [2.45, 2.75) is 13.5 Å². The maximum atomic E-state index is 11.4. The number of hydrogen-bond donors (Lipinski definition) is 1. The van der Waals surface area contributed by atoms with E-state index in [0.29, 0.717) is 5.75 Å². The summed E-state index contributed by atoms with van der Waals surface area (Å²) < 4.78 is 15.4. The van der Waals surface area contributed by atoms with E-state index in [0.717, 1.165) is 12.1 Å². The summed E-state index contributed by atoms with van der Waals surface area (Å²) in [4.78, 5) is 15.4. The molecule has 2 aromatic rings. The van der Waals surface area contributed by atoms with Crippen molar-refractivity contribution >= 4 is 5.97 Å². The van der Waals surface area contributed by atoms with E-state index in [-0.39, 0.29) is 18.4 Å². The summed E-state index contributed by atoms with van der Waals surface area (Å²) in [5, 5.41) is 3.05. The van der Waals surface area contributed by atoms with Gasteiger partial charge in [0.15, 0.2) is 5.69 Å². The Morgan fingerprint density at radius 1 is 1.45 bits per heavy atom. The molecule has 0 aliphatic rings. The SMILES string of the molecule is CCOC(=O)c1coc(Oc2cccc(CNC)c2)n1. The number of nitrogens with one attached hydrogen (secondary N) is 1. The molecule has 2 rings (SSSR count). The normalized spacial score (nSPS) is 10.3. The molecule has 1 aromatic heterocycles. The third-order valence-corrected chi connectivity index (χ3v) is 2.45. The number of esters is 1. The molecular formula is C14H16N2O4. The Kier molecular flexibility index (Phi) is 4.73. The minimum Gasteiger partial charge on any atom is -0.461 e. The molecule has 106 valence electrons. The van der Waals surface area contributed by atoms with E-state index in [1.807, 2.05) is 25.2 Å². The molecule has 6 nitrogen and oxygen atoms in total. The predicted molar refractivity (Wildman–Crippen MR) is 71.7 cm³/mol. The average molecular weight is 276 g/mol. The first kappa shape index (κ1) is 14.1. The highest BCUT2D eigenvalue weighted by atomic mass is 16.6. The zero-order chi connectivity index (χ0) is 14.4. The fraction of sp³-hybridized carbons (Fsp3) is 0.286. The summed E-state index contributed by atoms with van der Waals surface area (Å²) in [5.41, 5.74) is 1.16. The van der Waals surface area contributed by atoms with Crippen LogP contribution in [0.2, 0.25) is 0 Å². The molecule has 0 saturated carbocycles. The van der Waals surface area contributed by atoms with Gasteiger partial charge in [0.2, 0.25) is 0 Å². The number of rotatable bonds is 6. The molecule has 0 spiro atoms. The number of aromatic nitrogens is 1. The van der Waals surface area contributed by atoms with Gasteiger partial charge >= 0.3 is 12.0 Å². The summed E-state index contributed by atoms with van der Waals surface area (Å²) in [7, 11) is 1.87. The van der Waals surface area contributed by atoms with Crippen LogP contribution >= 0.6 is 0 Å². The van der Waals surface area contributed by atoms with Gasteiger partial charge in [-0.1, -0.05) is 12.1 Å². The minimum atomic E-state index is -0.532. The quantitative estimate of drug-likeness (QED) is 0.816. The standard InChI is InChI=1S/C14H16N2O4/c1-3-18-13(17)12-9-19-14(16-12)20-11-6-4-5-10(7-11)8-15-2/h4-7,9,15H,3,8H2,1-2H3. The average Bonchev–Trinajstić information content (AvgIpc) is 2.88. The van der Waals surface area contributed by atoms with Gasteiger partial charge < -0.3 is 19.2 Å². The van der Waals surface area contributed by atoms with Gasteiger partial charge in [-0.05, 0) is 31.7 Å². The number of carbonyl (C=O) groups excluding carboxylic acids is 1. The highest BCUT2D eigenvalue weighted by molar-refractivity contribution is 5.86. The second-order valence-corrected chi connectivity index (χ2v) is 4.00. The zero-order valence-electron chi connectivity index (χ0n) is 11.4. The van der Waals surface area contributed by atoms with Gasteiger partial charge in [0.25, 0.3) is 0 Å². The molecule has 20 heavy (non-hydrogen) atoms. The number of hydrogen-bond acceptors (Lipinski definition) is 6. The summed E-state index contributed by atoms with van der Waals surface area (Å²) in [6.45, 7) is 2.74. The highest BCUT2D eigenvalue weighted by Crippen LogP contribution is 2.21. The van der Waals surface area contributed by atoms with Crippen LogP contribution in [0.25, 0.3) is 0 Å². The van der Waals surface area contributed by atoms with Crippen LogP contribution in [0.5, 0.6) is 11.8 Å². The van der Waals surface area contributed by atoms with Crippen molar-refractivity contribution < 1.29 is 18.7 Å². The lowest BCUT2D eigenvalue weighted by Gasteiger charge is -2.03. The monoisotopic (exact) mass is 276 g/mol. The van der Waals surface area contributed by atoms with Gasteiger partial charge in [0.1, 0.15) is 12.0 Å². The van der Waals surface area contributed by atoms with E-state index >= 15 is 0 Å². The first-order valence-corrected chi connectivity index (χ1v) is 6.27. The summed E-state index contributed by atoms with van der Waals surface area (Å²) in [6, 6.07) is 7.50. The maximum Gasteiger partial charge on any atom is 0.399 e. The van der Waals surface area contributed by atoms with Crippen molar-refractivity contribution in [3.63, 3.8) is 0 Å². The molecule has 1 heterocycles. The van der Waals surface area contributed by atoms with Crippen LogP contribution in [0, 0.1) is 0 Å². The molecule has 6 heteroatoms. The van der Waals surface area contributed by atoms with E-state index < -0.39 is 5.97 Å². The number of nitrogens with zero attached hydrogens (tertiary/aromatic N) is 1. The summed E-state index contributed by atoms with van der Waals surface area (Å²) in [6.07, 6.45) is 1.22. The third-order valence-electron chi connectivity index (χ3n) is 2.45. The van der Waals surface area contributed by atoms with Gasteiger partial charge in [0.05, 0.1) is 6.61 Å². The van der Waals surface area contributed by atoms with Crippen LogP contribution in [0.4, 0.5) is 0 Å². The van der Waals surface area contributed by atoms with Crippen molar-refractivity contribution in [2.24, 2.45) is 0 Å². The highest BCUT2D eigenvalue weighted by Gasteiger charge is 2.14. The van der Waals surface area contributed by atoms with Crippen molar-refractivity contribution in [3.8, 4) is 11.8 Å². The Labute approximate surface area is 116 Å². The van der Waals surface area contributed by atoms with Crippen molar-refractivity contribution in [1.82, 2.24) is 10.3 Å². The van der Waals surface area contributed by atoms with Crippen LogP contribution < -0.4 is 10.1 Å². The van der Waals surface area contributed by atoms with Gasteiger partial charge in [-0.25, -0.2) is 4.79 Å². The zero-order valence-corrected chi connectivity index (χ0v) is 11.4. The Bertz CT molecular complexity index is 580. The van der Waals surface area contributed by atoms with Crippen molar-refractivity contribution in [3.05, 3.63) is 41.8 Å². The molecule has 0 aliphatic heterocycles. The molecule has 1 aromatic carbocycles. The Morgan fingerprint density at radius 3 is 3.05 bits per heavy atom. The Hall–Kier alpha value is -2.34. The number of ether oxygens (including phenoxy) is 2. The first-order valence-electron chi connectivity index (χ1n) is 6.27. The number of oxazole rings is 1. The van der Waals surface area contributed by atoms with Crippen molar-refractivity contribution in [1.29, 1.82) is 0 Å². The van der Waals surface area contributed by atoms with Gasteiger partial charge in [0, 0.05) is 6.54 Å².